The van der Waals surface area contributed by atoms with Crippen molar-refractivity contribution in [1.29, 1.82) is 0 Å². The minimum absolute atomic E-state index is 0.288. The fourth-order valence-corrected chi connectivity index (χ4v) is 4.06. The number of aromatic nitrogens is 4. The van der Waals surface area contributed by atoms with Crippen molar-refractivity contribution in [3.8, 4) is 22.5 Å². The molecule has 3 aromatic heterocycles. The van der Waals surface area contributed by atoms with E-state index in [4.69, 9.17) is 4.98 Å². The summed E-state index contributed by atoms with van der Waals surface area (Å²) in [7, 11) is 0. The van der Waals surface area contributed by atoms with Gasteiger partial charge in [-0.15, -0.1) is 0 Å². The van der Waals surface area contributed by atoms with Crippen LogP contribution in [-0.2, 0) is 4.79 Å². The number of amides is 1. The van der Waals surface area contributed by atoms with Crippen LogP contribution >= 0.6 is 0 Å². The summed E-state index contributed by atoms with van der Waals surface area (Å²) in [5, 5.41) is 0. The molecule has 2 aliphatic rings. The maximum absolute atomic E-state index is 12.4. The van der Waals surface area contributed by atoms with E-state index in [2.05, 4.69) is 15.0 Å². The molecule has 0 radical (unpaired) electrons. The van der Waals surface area contributed by atoms with Gasteiger partial charge < -0.3 is 4.90 Å². The highest BCUT2D eigenvalue weighted by atomic mass is 16.2. The van der Waals surface area contributed by atoms with Gasteiger partial charge in [-0.1, -0.05) is 0 Å². The number of rotatable bonds is 4. The highest BCUT2D eigenvalue weighted by Crippen LogP contribution is 2.37. The second-order valence-electron chi connectivity index (χ2n) is 7.84. The molecule has 0 atom stereocenters. The summed E-state index contributed by atoms with van der Waals surface area (Å²) >= 11 is 0. The van der Waals surface area contributed by atoms with E-state index in [1.807, 2.05) is 35.4 Å². The molecule has 0 spiro atoms. The lowest BCUT2D eigenvalue weighted by Crippen LogP contribution is -2.39. The van der Waals surface area contributed by atoms with Crippen molar-refractivity contribution in [1.82, 2.24) is 24.8 Å². The number of piperidine rings is 1. The van der Waals surface area contributed by atoms with Crippen LogP contribution in [0.5, 0.6) is 0 Å². The lowest BCUT2D eigenvalue weighted by molar-refractivity contribution is -0.133. The summed E-state index contributed by atoms with van der Waals surface area (Å²) in [5.41, 5.74) is 4.16. The number of hydrogen-bond donors (Lipinski definition) is 0. The van der Waals surface area contributed by atoms with Gasteiger partial charge in [0.1, 0.15) is 0 Å². The summed E-state index contributed by atoms with van der Waals surface area (Å²) < 4.78 is 0. The van der Waals surface area contributed by atoms with Gasteiger partial charge in [0.05, 0.1) is 5.69 Å². The molecule has 1 aliphatic heterocycles. The summed E-state index contributed by atoms with van der Waals surface area (Å²) in [6.45, 7) is 1.62. The largest absolute Gasteiger partial charge is 0.342 e. The molecular weight excluding hydrogens is 362 g/mol. The quantitative estimate of drug-likeness (QED) is 0.684. The molecule has 29 heavy (non-hydrogen) atoms. The summed E-state index contributed by atoms with van der Waals surface area (Å²) in [6.07, 6.45) is 13.0. The number of pyridine rings is 2. The third-order valence-corrected chi connectivity index (χ3v) is 5.87. The molecule has 1 aliphatic carbocycles. The van der Waals surface area contributed by atoms with Gasteiger partial charge in [-0.2, -0.15) is 0 Å². The maximum atomic E-state index is 12.4. The second-order valence-corrected chi connectivity index (χ2v) is 7.84. The van der Waals surface area contributed by atoms with E-state index in [1.165, 1.54) is 0 Å². The van der Waals surface area contributed by atoms with E-state index in [1.54, 1.807) is 24.8 Å². The van der Waals surface area contributed by atoms with Crippen LogP contribution in [-0.4, -0.2) is 43.8 Å². The van der Waals surface area contributed by atoms with Crippen LogP contribution < -0.4 is 0 Å². The number of likely N-dealkylation sites (tertiary alicyclic amines) is 1. The van der Waals surface area contributed by atoms with Gasteiger partial charge in [-0.05, 0) is 55.5 Å². The zero-order valence-corrected chi connectivity index (χ0v) is 16.2. The average molecular weight is 385 g/mol. The normalized spacial score (nSPS) is 17.3. The van der Waals surface area contributed by atoms with Gasteiger partial charge in [0.2, 0.25) is 5.91 Å². The topological polar surface area (TPSA) is 71.9 Å². The number of carbonyl (C=O) groups excluding carboxylic acids is 1. The Balaban J connectivity index is 1.47. The molecule has 6 heteroatoms. The number of nitrogens with zero attached hydrogens (tertiary/aromatic N) is 5. The van der Waals surface area contributed by atoms with Crippen LogP contribution in [0.25, 0.3) is 22.5 Å². The summed E-state index contributed by atoms with van der Waals surface area (Å²) in [6, 6.07) is 7.87. The SMILES string of the molecule is O=C(C1CC1)N1CCC(c2nc(-c3ccncc3)ncc2-c2ccncc2)CC1. The molecule has 0 unspecified atom stereocenters. The fraction of sp³-hybridized carbons (Fsp3) is 0.348. The van der Waals surface area contributed by atoms with Crippen molar-refractivity contribution >= 4 is 5.91 Å². The smallest absolute Gasteiger partial charge is 0.225 e. The second kappa shape index (κ2) is 7.70. The monoisotopic (exact) mass is 385 g/mol. The van der Waals surface area contributed by atoms with Crippen molar-refractivity contribution < 1.29 is 4.79 Å². The van der Waals surface area contributed by atoms with E-state index < -0.39 is 0 Å². The lowest BCUT2D eigenvalue weighted by atomic mass is 9.88. The van der Waals surface area contributed by atoms with E-state index in [0.29, 0.717) is 11.8 Å². The predicted octanol–water partition coefficient (Wildman–Crippen LogP) is 3.72. The molecular formula is C23H23N5O. The Morgan fingerprint density at radius 3 is 2.10 bits per heavy atom. The molecule has 1 saturated carbocycles. The van der Waals surface area contributed by atoms with Crippen LogP contribution in [0, 0.1) is 5.92 Å². The molecule has 3 aromatic rings. The van der Waals surface area contributed by atoms with Crippen LogP contribution in [0.15, 0.2) is 55.2 Å². The van der Waals surface area contributed by atoms with Crippen molar-refractivity contribution in [3.05, 3.63) is 60.9 Å². The third kappa shape index (κ3) is 3.75. The first kappa shape index (κ1) is 17.9. The van der Waals surface area contributed by atoms with E-state index in [0.717, 1.165) is 67.0 Å². The molecule has 1 amide bonds. The first-order valence-corrected chi connectivity index (χ1v) is 10.3. The highest BCUT2D eigenvalue weighted by molar-refractivity contribution is 5.81. The Kier molecular flexibility index (Phi) is 4.76. The van der Waals surface area contributed by atoms with E-state index >= 15 is 0 Å². The first-order valence-electron chi connectivity index (χ1n) is 10.3. The van der Waals surface area contributed by atoms with Gasteiger partial charge in [-0.25, -0.2) is 9.97 Å². The molecule has 4 heterocycles. The highest BCUT2D eigenvalue weighted by Gasteiger charge is 2.35. The predicted molar refractivity (Wildman–Crippen MR) is 110 cm³/mol. The zero-order valence-electron chi connectivity index (χ0n) is 16.2. The van der Waals surface area contributed by atoms with Crippen LogP contribution in [0.3, 0.4) is 0 Å². The Morgan fingerprint density at radius 1 is 0.862 bits per heavy atom. The Morgan fingerprint density at radius 2 is 1.48 bits per heavy atom. The summed E-state index contributed by atoms with van der Waals surface area (Å²) in [5.74, 6) is 1.66. The van der Waals surface area contributed by atoms with Gasteiger partial charge >= 0.3 is 0 Å². The van der Waals surface area contributed by atoms with Crippen LogP contribution in [0.1, 0.15) is 37.3 Å². The van der Waals surface area contributed by atoms with Gasteiger partial charge in [0.15, 0.2) is 5.82 Å². The Hall–Kier alpha value is -3.15. The third-order valence-electron chi connectivity index (χ3n) is 5.87. The molecule has 1 saturated heterocycles. The Labute approximate surface area is 170 Å². The van der Waals surface area contributed by atoms with Gasteiger partial charge in [0, 0.05) is 67.0 Å². The minimum atomic E-state index is 0.288. The summed E-state index contributed by atoms with van der Waals surface area (Å²) in [4.78, 5) is 32.3. The molecule has 0 aromatic carbocycles. The molecule has 0 bridgehead atoms. The lowest BCUT2D eigenvalue weighted by Gasteiger charge is -2.32. The first-order chi connectivity index (χ1) is 14.3. The van der Waals surface area contributed by atoms with E-state index in [9.17, 15) is 4.79 Å². The Bertz CT molecular complexity index is 996. The fourth-order valence-electron chi connectivity index (χ4n) is 4.06. The molecule has 6 nitrogen and oxygen atoms in total. The van der Waals surface area contributed by atoms with Gasteiger partial charge in [-0.3, -0.25) is 14.8 Å². The van der Waals surface area contributed by atoms with Crippen molar-refractivity contribution in [3.63, 3.8) is 0 Å². The van der Waals surface area contributed by atoms with E-state index in [-0.39, 0.29) is 5.92 Å². The van der Waals surface area contributed by atoms with Crippen LogP contribution in [0.4, 0.5) is 0 Å². The number of hydrogen-bond acceptors (Lipinski definition) is 5. The molecule has 0 N–H and O–H groups in total. The van der Waals surface area contributed by atoms with Gasteiger partial charge in [0.25, 0.3) is 0 Å². The molecule has 5 rings (SSSR count). The average Bonchev–Trinajstić information content (AvgIpc) is 3.65. The molecule has 2 fully saturated rings. The number of carbonyl (C=O) groups is 1. The minimum Gasteiger partial charge on any atom is -0.342 e. The van der Waals surface area contributed by atoms with Crippen molar-refractivity contribution in [2.75, 3.05) is 13.1 Å². The molecule has 146 valence electrons. The van der Waals surface area contributed by atoms with Crippen LogP contribution in [0.2, 0.25) is 0 Å². The maximum Gasteiger partial charge on any atom is 0.225 e. The zero-order chi connectivity index (χ0) is 19.6. The van der Waals surface area contributed by atoms with Crippen molar-refractivity contribution in [2.45, 2.75) is 31.6 Å². The van der Waals surface area contributed by atoms with Crippen molar-refractivity contribution in [2.24, 2.45) is 5.92 Å². The standard InChI is InChI=1S/C23H23N5O/c29-23(19-1-2-19)28-13-7-17(8-14-28)21-20(16-3-9-24-10-4-16)15-26-22(27-21)18-5-11-25-12-6-18/h3-6,9-12,15,17,19H,1-2,7-8,13-14H2.